The molecule has 0 fully saturated rings. The first-order valence-corrected chi connectivity index (χ1v) is 5.68. The summed E-state index contributed by atoms with van der Waals surface area (Å²) in [7, 11) is 0. The number of ketones is 1. The topological polar surface area (TPSA) is 88.0 Å². The molecule has 0 spiro atoms. The third-order valence-electron chi connectivity index (χ3n) is 2.77. The van der Waals surface area contributed by atoms with E-state index in [1.807, 2.05) is 13.8 Å². The summed E-state index contributed by atoms with van der Waals surface area (Å²) in [5, 5.41) is 12.2. The maximum atomic E-state index is 11.5. The Labute approximate surface area is 106 Å². The molecule has 18 heavy (non-hydrogen) atoms. The zero-order valence-corrected chi connectivity index (χ0v) is 11.0. The summed E-state index contributed by atoms with van der Waals surface area (Å²) in [6, 6.07) is 0. The van der Waals surface area contributed by atoms with Crippen LogP contribution in [0.5, 0.6) is 0 Å². The van der Waals surface area contributed by atoms with Gasteiger partial charge in [-0.15, -0.1) is 0 Å². The van der Waals surface area contributed by atoms with E-state index in [1.54, 1.807) is 6.92 Å². The Morgan fingerprint density at radius 1 is 1.50 bits per heavy atom. The molecule has 6 heteroatoms. The van der Waals surface area contributed by atoms with Gasteiger partial charge in [0, 0.05) is 19.2 Å². The number of aliphatic imine (C=N–C) groups is 1. The van der Waals surface area contributed by atoms with Crippen LogP contribution in [0.3, 0.4) is 0 Å². The Morgan fingerprint density at radius 3 is 2.67 bits per heavy atom. The average molecular weight is 254 g/mol. The SMILES string of the molecule is CC(=O)/C1=C(\O)C(=O)NCCOC(C)(C)C(C)=N1. The standard InChI is InChI=1S/C12H18N2O4/c1-7(15)9-10(16)11(17)13-5-6-18-12(3,4)8(2)14-9/h16H,5-6H2,1-4H3,(H,13,17)/b10-9+,14-8?. The van der Waals surface area contributed by atoms with Crippen molar-refractivity contribution < 1.29 is 19.4 Å². The lowest BCUT2D eigenvalue weighted by Gasteiger charge is -2.26. The van der Waals surface area contributed by atoms with Crippen molar-refractivity contribution in [3.63, 3.8) is 0 Å². The molecule has 0 unspecified atom stereocenters. The molecule has 0 radical (unpaired) electrons. The first kappa shape index (κ1) is 14.4. The minimum atomic E-state index is -0.722. The van der Waals surface area contributed by atoms with Crippen molar-refractivity contribution in [3.05, 3.63) is 11.5 Å². The summed E-state index contributed by atoms with van der Waals surface area (Å²) in [6.45, 7) is 7.11. The monoisotopic (exact) mass is 254 g/mol. The number of nitrogens with zero attached hydrogens (tertiary/aromatic N) is 1. The fraction of sp³-hybridized carbons (Fsp3) is 0.583. The highest BCUT2D eigenvalue weighted by atomic mass is 16.5. The first-order valence-electron chi connectivity index (χ1n) is 5.68. The highest BCUT2D eigenvalue weighted by Gasteiger charge is 2.26. The van der Waals surface area contributed by atoms with Gasteiger partial charge in [0.1, 0.15) is 5.60 Å². The van der Waals surface area contributed by atoms with Crippen LogP contribution < -0.4 is 5.32 Å². The highest BCUT2D eigenvalue weighted by molar-refractivity contribution is 6.05. The number of amides is 1. The second kappa shape index (κ2) is 5.30. The predicted octanol–water partition coefficient (Wildman–Crippen LogP) is 0.731. The van der Waals surface area contributed by atoms with Gasteiger partial charge in [-0.25, -0.2) is 4.99 Å². The fourth-order valence-corrected chi connectivity index (χ4v) is 1.37. The lowest BCUT2D eigenvalue weighted by Crippen LogP contribution is -2.39. The van der Waals surface area contributed by atoms with Gasteiger partial charge in [0.05, 0.1) is 6.61 Å². The van der Waals surface area contributed by atoms with Gasteiger partial charge in [-0.2, -0.15) is 0 Å². The van der Waals surface area contributed by atoms with Crippen LogP contribution in [0.25, 0.3) is 0 Å². The Kier molecular flexibility index (Phi) is 4.24. The second-order valence-electron chi connectivity index (χ2n) is 4.57. The van der Waals surface area contributed by atoms with Crippen LogP contribution in [0, 0.1) is 0 Å². The molecule has 0 aliphatic carbocycles. The summed E-state index contributed by atoms with van der Waals surface area (Å²) >= 11 is 0. The minimum absolute atomic E-state index is 0.247. The third-order valence-corrected chi connectivity index (χ3v) is 2.77. The van der Waals surface area contributed by atoms with Crippen molar-refractivity contribution in [2.24, 2.45) is 4.99 Å². The van der Waals surface area contributed by atoms with Crippen LogP contribution in [0.1, 0.15) is 27.7 Å². The van der Waals surface area contributed by atoms with Gasteiger partial charge in [0.15, 0.2) is 11.5 Å². The molecule has 1 aliphatic heterocycles. The van der Waals surface area contributed by atoms with Gasteiger partial charge in [-0.3, -0.25) is 9.59 Å². The molecule has 0 aromatic heterocycles. The molecule has 2 N–H and O–H groups in total. The van der Waals surface area contributed by atoms with E-state index in [-0.39, 0.29) is 12.2 Å². The molecule has 0 aromatic rings. The van der Waals surface area contributed by atoms with Crippen LogP contribution in [0.15, 0.2) is 16.4 Å². The molecule has 6 nitrogen and oxygen atoms in total. The zero-order valence-electron chi connectivity index (χ0n) is 11.0. The van der Waals surface area contributed by atoms with E-state index in [4.69, 9.17) is 4.74 Å². The van der Waals surface area contributed by atoms with Crippen LogP contribution in [0.4, 0.5) is 0 Å². The predicted molar refractivity (Wildman–Crippen MR) is 66.5 cm³/mol. The van der Waals surface area contributed by atoms with Gasteiger partial charge in [0.25, 0.3) is 5.91 Å². The maximum Gasteiger partial charge on any atom is 0.288 e. The number of allylic oxidation sites excluding steroid dienone is 1. The normalized spacial score (nSPS) is 25.1. The van der Waals surface area contributed by atoms with Crippen molar-refractivity contribution in [1.82, 2.24) is 5.32 Å². The van der Waals surface area contributed by atoms with E-state index in [0.717, 1.165) is 0 Å². The number of carbonyl (C=O) groups excluding carboxylic acids is 2. The number of nitrogens with one attached hydrogen (secondary N) is 1. The number of aliphatic hydroxyl groups excluding tert-OH is 1. The lowest BCUT2D eigenvalue weighted by atomic mass is 10.0. The first-order chi connectivity index (χ1) is 8.25. The van der Waals surface area contributed by atoms with Crippen molar-refractivity contribution in [3.8, 4) is 0 Å². The molecule has 1 heterocycles. The Bertz CT molecular complexity index is 435. The van der Waals surface area contributed by atoms with E-state index >= 15 is 0 Å². The summed E-state index contributed by atoms with van der Waals surface area (Å²) in [5.41, 5.74) is -0.388. The summed E-state index contributed by atoms with van der Waals surface area (Å²) < 4.78 is 5.57. The summed E-state index contributed by atoms with van der Waals surface area (Å²) in [4.78, 5) is 27.0. The number of hydrogen-bond acceptors (Lipinski definition) is 5. The quantitative estimate of drug-likeness (QED) is 0.722. The molecule has 0 saturated heterocycles. The second-order valence-corrected chi connectivity index (χ2v) is 4.57. The molecule has 0 saturated carbocycles. The summed E-state index contributed by atoms with van der Waals surface area (Å²) in [6.07, 6.45) is 0. The Hall–Kier alpha value is -1.69. The average Bonchev–Trinajstić information content (AvgIpc) is 2.28. The molecule has 0 atom stereocenters. The largest absolute Gasteiger partial charge is 0.501 e. The van der Waals surface area contributed by atoms with Crippen LogP contribution >= 0.6 is 0 Å². The van der Waals surface area contributed by atoms with E-state index < -0.39 is 23.1 Å². The molecule has 1 rings (SSSR count). The minimum Gasteiger partial charge on any atom is -0.501 e. The lowest BCUT2D eigenvalue weighted by molar-refractivity contribution is -0.121. The van der Waals surface area contributed by atoms with Gasteiger partial charge in [0.2, 0.25) is 5.76 Å². The maximum absolute atomic E-state index is 11.5. The smallest absolute Gasteiger partial charge is 0.288 e. The Morgan fingerprint density at radius 2 is 2.11 bits per heavy atom. The molecular weight excluding hydrogens is 236 g/mol. The molecule has 100 valence electrons. The third kappa shape index (κ3) is 3.16. The van der Waals surface area contributed by atoms with Gasteiger partial charge in [-0.1, -0.05) is 0 Å². The number of carbonyl (C=O) groups is 2. The molecule has 0 aromatic carbocycles. The van der Waals surface area contributed by atoms with Crippen molar-refractivity contribution >= 4 is 17.4 Å². The van der Waals surface area contributed by atoms with E-state index in [2.05, 4.69) is 10.3 Å². The Balaban J connectivity index is 3.32. The van der Waals surface area contributed by atoms with Crippen LogP contribution in [-0.4, -0.2) is 41.3 Å². The summed E-state index contributed by atoms with van der Waals surface area (Å²) in [5.74, 6) is -1.85. The number of aliphatic hydroxyl groups is 1. The number of rotatable bonds is 1. The van der Waals surface area contributed by atoms with E-state index in [1.165, 1.54) is 6.92 Å². The molecular formula is C12H18N2O4. The van der Waals surface area contributed by atoms with Crippen LogP contribution in [-0.2, 0) is 14.3 Å². The number of ether oxygens (including phenoxy) is 1. The van der Waals surface area contributed by atoms with E-state index in [9.17, 15) is 14.7 Å². The van der Waals surface area contributed by atoms with E-state index in [0.29, 0.717) is 12.3 Å². The molecule has 1 amide bonds. The number of Topliss-reactive ketones (excluding diaryl/α,β-unsaturated/α-hetero) is 1. The van der Waals surface area contributed by atoms with Gasteiger partial charge < -0.3 is 15.2 Å². The van der Waals surface area contributed by atoms with Crippen LogP contribution in [0.2, 0.25) is 0 Å². The van der Waals surface area contributed by atoms with Crippen molar-refractivity contribution in [2.75, 3.05) is 13.2 Å². The zero-order chi connectivity index (χ0) is 13.9. The van der Waals surface area contributed by atoms with Crippen molar-refractivity contribution in [2.45, 2.75) is 33.3 Å². The van der Waals surface area contributed by atoms with Gasteiger partial charge in [-0.05, 0) is 20.8 Å². The molecule has 1 aliphatic rings. The fourth-order valence-electron chi connectivity index (χ4n) is 1.37. The van der Waals surface area contributed by atoms with Gasteiger partial charge >= 0.3 is 0 Å². The number of hydrogen-bond donors (Lipinski definition) is 2. The van der Waals surface area contributed by atoms with Crippen molar-refractivity contribution in [1.29, 1.82) is 0 Å². The highest BCUT2D eigenvalue weighted by Crippen LogP contribution is 2.16. The molecule has 0 bridgehead atoms.